The van der Waals surface area contributed by atoms with E-state index in [1.54, 1.807) is 24.3 Å². The predicted octanol–water partition coefficient (Wildman–Crippen LogP) is 5.46. The van der Waals surface area contributed by atoms with Crippen molar-refractivity contribution in [2.45, 2.75) is 12.0 Å². The molecule has 0 saturated carbocycles. The molecule has 6 heteroatoms. The number of amides is 1. The summed E-state index contributed by atoms with van der Waals surface area (Å²) < 4.78 is 6.22. The number of rotatable bonds is 5. The van der Waals surface area contributed by atoms with Crippen molar-refractivity contribution >= 4 is 28.0 Å². The number of aliphatic carboxylic acids is 1. The highest BCUT2D eigenvalue weighted by Crippen LogP contribution is 2.44. The molecule has 0 heterocycles. The number of hydrogen-bond acceptors (Lipinski definition) is 3. The third kappa shape index (κ3) is 3.59. The highest BCUT2D eigenvalue weighted by Gasteiger charge is 2.33. The number of carbonyl (C=O) groups excluding carboxylic acids is 1. The smallest absolute Gasteiger partial charge is 0.410 e. The molecule has 0 aliphatic heterocycles. The Labute approximate surface area is 183 Å². The number of benzene rings is 3. The van der Waals surface area contributed by atoms with Gasteiger partial charge >= 0.3 is 12.1 Å². The molecule has 0 fully saturated rings. The highest BCUT2D eigenvalue weighted by molar-refractivity contribution is 9.10. The van der Waals surface area contributed by atoms with Crippen LogP contribution in [0.25, 0.3) is 11.1 Å². The normalized spacial score (nSPS) is 13.3. The SMILES string of the molecule is CN(C(=O)OCC1c2ccccc2-c2ccccc21)C(C(=O)O)c1ccccc1Br. The molecule has 4 rings (SSSR count). The van der Waals surface area contributed by atoms with E-state index in [4.69, 9.17) is 4.74 Å². The molecule has 0 bridgehead atoms. The largest absolute Gasteiger partial charge is 0.479 e. The summed E-state index contributed by atoms with van der Waals surface area (Å²) in [6.45, 7) is 0.138. The molecule has 1 aliphatic carbocycles. The van der Waals surface area contributed by atoms with Crippen molar-refractivity contribution in [2.24, 2.45) is 0 Å². The number of hydrogen-bond donors (Lipinski definition) is 1. The molecule has 1 unspecified atom stereocenters. The number of ether oxygens (including phenoxy) is 1. The third-order valence-electron chi connectivity index (χ3n) is 5.45. The lowest BCUT2D eigenvalue weighted by atomic mass is 9.98. The van der Waals surface area contributed by atoms with Gasteiger partial charge in [-0.2, -0.15) is 0 Å². The zero-order valence-electron chi connectivity index (χ0n) is 16.3. The molecule has 0 spiro atoms. The van der Waals surface area contributed by atoms with Crippen LogP contribution < -0.4 is 0 Å². The maximum atomic E-state index is 12.8. The van der Waals surface area contributed by atoms with E-state index in [1.807, 2.05) is 36.4 Å². The van der Waals surface area contributed by atoms with Gasteiger partial charge in [0.15, 0.2) is 6.04 Å². The average molecular weight is 466 g/mol. The molecule has 1 aliphatic rings. The summed E-state index contributed by atoms with van der Waals surface area (Å²) in [6.07, 6.45) is -0.681. The van der Waals surface area contributed by atoms with Gasteiger partial charge in [0, 0.05) is 23.0 Å². The average Bonchev–Trinajstić information content (AvgIpc) is 3.07. The summed E-state index contributed by atoms with van der Waals surface area (Å²) in [5.74, 6) is -1.21. The van der Waals surface area contributed by atoms with Crippen LogP contribution >= 0.6 is 15.9 Å². The Morgan fingerprint density at radius 1 is 0.967 bits per heavy atom. The van der Waals surface area contributed by atoms with E-state index >= 15 is 0 Å². The molecule has 1 atom stereocenters. The second-order valence-electron chi connectivity index (χ2n) is 7.18. The molecule has 0 saturated heterocycles. The number of fused-ring (bicyclic) bond motifs is 3. The van der Waals surface area contributed by atoms with Gasteiger partial charge in [-0.05, 0) is 28.3 Å². The van der Waals surface area contributed by atoms with Gasteiger partial charge in [-0.1, -0.05) is 82.7 Å². The highest BCUT2D eigenvalue weighted by atomic mass is 79.9. The van der Waals surface area contributed by atoms with E-state index in [0.717, 1.165) is 27.2 Å². The van der Waals surface area contributed by atoms with E-state index in [2.05, 4.69) is 28.1 Å². The Kier molecular flexibility index (Phi) is 5.59. The molecule has 3 aromatic rings. The van der Waals surface area contributed by atoms with Crippen molar-refractivity contribution in [3.8, 4) is 11.1 Å². The Bertz CT molecular complexity index is 1070. The molecule has 0 radical (unpaired) electrons. The first-order valence-corrected chi connectivity index (χ1v) is 10.3. The summed E-state index contributed by atoms with van der Waals surface area (Å²) >= 11 is 3.37. The van der Waals surface area contributed by atoms with Crippen molar-refractivity contribution < 1.29 is 19.4 Å². The van der Waals surface area contributed by atoms with E-state index < -0.39 is 18.1 Å². The van der Waals surface area contributed by atoms with Crippen molar-refractivity contribution in [2.75, 3.05) is 13.7 Å². The monoisotopic (exact) mass is 465 g/mol. The predicted molar refractivity (Wildman–Crippen MR) is 117 cm³/mol. The minimum absolute atomic E-state index is 0.0820. The Hall–Kier alpha value is -3.12. The van der Waals surface area contributed by atoms with E-state index in [9.17, 15) is 14.7 Å². The van der Waals surface area contributed by atoms with Gasteiger partial charge < -0.3 is 9.84 Å². The summed E-state index contributed by atoms with van der Waals surface area (Å²) in [7, 11) is 1.44. The maximum Gasteiger partial charge on any atom is 0.410 e. The summed E-state index contributed by atoms with van der Waals surface area (Å²) in [6, 6.07) is 21.9. The fourth-order valence-electron chi connectivity index (χ4n) is 4.01. The van der Waals surface area contributed by atoms with Crippen LogP contribution in [-0.2, 0) is 9.53 Å². The molecule has 0 aromatic heterocycles. The van der Waals surface area contributed by atoms with Gasteiger partial charge in [0.2, 0.25) is 0 Å². The fraction of sp³-hybridized carbons (Fsp3) is 0.167. The Balaban J connectivity index is 1.55. The lowest BCUT2D eigenvalue weighted by molar-refractivity contribution is -0.142. The molecule has 30 heavy (non-hydrogen) atoms. The van der Waals surface area contributed by atoms with Crippen LogP contribution in [0.3, 0.4) is 0 Å². The Morgan fingerprint density at radius 2 is 1.50 bits per heavy atom. The van der Waals surface area contributed by atoms with Crippen molar-refractivity contribution in [3.63, 3.8) is 0 Å². The van der Waals surface area contributed by atoms with Gasteiger partial charge in [0.05, 0.1) is 0 Å². The summed E-state index contributed by atoms with van der Waals surface area (Å²) in [4.78, 5) is 25.8. The van der Waals surface area contributed by atoms with Crippen molar-refractivity contribution in [1.29, 1.82) is 0 Å². The standard InChI is InChI=1S/C24H20BrNO4/c1-26(22(23(27)28)19-12-6-7-13-21(19)25)24(29)30-14-20-17-10-4-2-8-15(17)16-9-3-5-11-18(16)20/h2-13,20,22H,14H2,1H3,(H,27,28). The first kappa shape index (κ1) is 20.2. The third-order valence-corrected chi connectivity index (χ3v) is 6.17. The van der Waals surface area contributed by atoms with E-state index in [1.165, 1.54) is 7.05 Å². The minimum atomic E-state index is -1.16. The number of carbonyl (C=O) groups is 2. The second kappa shape index (κ2) is 8.32. The zero-order valence-corrected chi connectivity index (χ0v) is 17.9. The van der Waals surface area contributed by atoms with Crippen LogP contribution in [0.2, 0.25) is 0 Å². The minimum Gasteiger partial charge on any atom is -0.479 e. The van der Waals surface area contributed by atoms with Gasteiger partial charge in [-0.3, -0.25) is 4.90 Å². The van der Waals surface area contributed by atoms with Crippen LogP contribution in [-0.4, -0.2) is 35.7 Å². The molecular weight excluding hydrogens is 446 g/mol. The number of carboxylic acids is 1. The first-order chi connectivity index (χ1) is 14.5. The zero-order chi connectivity index (χ0) is 21.3. The number of carboxylic acid groups (broad SMARTS) is 1. The number of nitrogens with zero attached hydrogens (tertiary/aromatic N) is 1. The van der Waals surface area contributed by atoms with Crippen LogP contribution in [0, 0.1) is 0 Å². The molecular formula is C24H20BrNO4. The van der Waals surface area contributed by atoms with Gasteiger partial charge in [0.1, 0.15) is 6.61 Å². The van der Waals surface area contributed by atoms with Gasteiger partial charge in [0.25, 0.3) is 0 Å². The van der Waals surface area contributed by atoms with Crippen LogP contribution in [0.15, 0.2) is 77.3 Å². The topological polar surface area (TPSA) is 66.8 Å². The van der Waals surface area contributed by atoms with Gasteiger partial charge in [-0.25, -0.2) is 9.59 Å². The lowest BCUT2D eigenvalue weighted by Gasteiger charge is -2.26. The van der Waals surface area contributed by atoms with Crippen LogP contribution in [0.4, 0.5) is 4.79 Å². The molecule has 152 valence electrons. The summed E-state index contributed by atoms with van der Waals surface area (Å²) in [5, 5.41) is 9.74. The van der Waals surface area contributed by atoms with Crippen molar-refractivity contribution in [1.82, 2.24) is 4.90 Å². The number of likely N-dealkylation sites (N-methyl/N-ethyl adjacent to an activating group) is 1. The quantitative estimate of drug-likeness (QED) is 0.543. The van der Waals surface area contributed by atoms with E-state index in [-0.39, 0.29) is 12.5 Å². The van der Waals surface area contributed by atoms with Crippen LogP contribution in [0.5, 0.6) is 0 Å². The fourth-order valence-corrected chi connectivity index (χ4v) is 4.51. The van der Waals surface area contributed by atoms with Crippen molar-refractivity contribution in [3.05, 3.63) is 94.0 Å². The number of halogens is 1. The molecule has 3 aromatic carbocycles. The first-order valence-electron chi connectivity index (χ1n) is 9.54. The Morgan fingerprint density at radius 3 is 2.07 bits per heavy atom. The molecule has 1 N–H and O–H groups in total. The molecule has 1 amide bonds. The molecule has 5 nitrogen and oxygen atoms in total. The maximum absolute atomic E-state index is 12.8. The van der Waals surface area contributed by atoms with E-state index in [0.29, 0.717) is 10.0 Å². The second-order valence-corrected chi connectivity index (χ2v) is 8.03. The van der Waals surface area contributed by atoms with Crippen LogP contribution in [0.1, 0.15) is 28.7 Å². The summed E-state index contributed by atoms with van der Waals surface area (Å²) in [5.41, 5.74) is 4.98. The lowest BCUT2D eigenvalue weighted by Crippen LogP contribution is -2.37. The van der Waals surface area contributed by atoms with Gasteiger partial charge in [-0.15, -0.1) is 0 Å².